The maximum Gasteiger partial charge on any atom is 0.309 e. The third kappa shape index (κ3) is 13.8. The van der Waals surface area contributed by atoms with Gasteiger partial charge in [0.25, 0.3) is 0 Å². The number of carbonyl (C=O) groups is 3. The van der Waals surface area contributed by atoms with E-state index in [2.05, 4.69) is 48.0 Å². The molecule has 2 saturated heterocycles. The van der Waals surface area contributed by atoms with Crippen molar-refractivity contribution in [3.05, 3.63) is 24.3 Å². The molecule has 4 bridgehead atoms. The molecule has 0 radical (unpaired) electrons. The lowest BCUT2D eigenvalue weighted by Crippen LogP contribution is -2.48. The second-order valence-corrected chi connectivity index (χ2v) is 17.9. The zero-order valence-electron chi connectivity index (χ0n) is 34.3. The summed E-state index contributed by atoms with van der Waals surface area (Å²) in [6.07, 6.45) is 32.9. The third-order valence-corrected chi connectivity index (χ3v) is 13.8. The van der Waals surface area contributed by atoms with Crippen LogP contribution in [0.2, 0.25) is 0 Å². The van der Waals surface area contributed by atoms with Gasteiger partial charge in [0.15, 0.2) is 0 Å². The summed E-state index contributed by atoms with van der Waals surface area (Å²) in [7, 11) is 0. The van der Waals surface area contributed by atoms with Crippen LogP contribution in [0.25, 0.3) is 0 Å². The maximum absolute atomic E-state index is 13.2. The fourth-order valence-electron chi connectivity index (χ4n) is 10.7. The lowest BCUT2D eigenvalue weighted by Gasteiger charge is -2.41. The number of ether oxygens (including phenoxy) is 3. The lowest BCUT2D eigenvalue weighted by molar-refractivity contribution is -0.157. The molecule has 8 nitrogen and oxygen atoms in total. The minimum Gasteiger partial charge on any atom is -0.465 e. The van der Waals surface area contributed by atoms with Gasteiger partial charge in [0.1, 0.15) is 19.8 Å². The molecule has 306 valence electrons. The Balaban J connectivity index is 0.976. The first-order valence-electron chi connectivity index (χ1n) is 22.6. The van der Waals surface area contributed by atoms with Gasteiger partial charge in [-0.3, -0.25) is 14.4 Å². The molecule has 4 saturated carbocycles. The molecular weight excluding hydrogens is 677 g/mol. The van der Waals surface area contributed by atoms with E-state index in [1.54, 1.807) is 0 Å². The molecule has 4 aliphatic carbocycles. The maximum atomic E-state index is 13.2. The first-order chi connectivity index (χ1) is 26.4. The number of carbonyl (C=O) groups excluding carboxylic acids is 3. The average Bonchev–Trinajstić information content (AvgIpc) is 3.57. The van der Waals surface area contributed by atoms with Crippen molar-refractivity contribution >= 4 is 17.9 Å². The zero-order valence-corrected chi connectivity index (χ0v) is 34.3. The molecule has 6 aliphatic rings. The number of nitrogens with zero attached hydrogens (tertiary/aromatic N) is 2. The molecule has 2 heterocycles. The quantitative estimate of drug-likeness (QED) is 0.0395. The number of esters is 3. The highest BCUT2D eigenvalue weighted by Crippen LogP contribution is 2.66. The molecule has 0 spiro atoms. The normalized spacial score (nSPS) is 27.0. The molecule has 0 aromatic rings. The molecule has 0 aromatic carbocycles. The third-order valence-electron chi connectivity index (χ3n) is 13.8. The van der Waals surface area contributed by atoms with Crippen molar-refractivity contribution in [3.8, 4) is 0 Å². The molecule has 6 rings (SSSR count). The van der Waals surface area contributed by atoms with Crippen LogP contribution in [-0.2, 0) is 28.6 Å². The predicted octanol–water partition coefficient (Wildman–Crippen LogP) is 9.46. The second kappa shape index (κ2) is 23.1. The van der Waals surface area contributed by atoms with Gasteiger partial charge in [-0.1, -0.05) is 70.3 Å². The molecule has 3 unspecified atom stereocenters. The number of hydrogen-bond donors (Lipinski definition) is 0. The van der Waals surface area contributed by atoms with Crippen molar-refractivity contribution in [3.63, 3.8) is 0 Å². The van der Waals surface area contributed by atoms with Crippen molar-refractivity contribution < 1.29 is 28.6 Å². The van der Waals surface area contributed by atoms with Crippen LogP contribution in [0.15, 0.2) is 24.3 Å². The smallest absolute Gasteiger partial charge is 0.309 e. The van der Waals surface area contributed by atoms with Crippen LogP contribution in [0, 0.1) is 35.0 Å². The SMILES string of the molecule is CCCCC/C=C\C/C=C\CCCCCCCC(=O)OCC(COC(=O)CC12CC3CC(CC1C3)C2)COC(=O)C1CCN(C2CCN(CC)CC2)CC1. The van der Waals surface area contributed by atoms with Crippen LogP contribution in [0.3, 0.4) is 0 Å². The summed E-state index contributed by atoms with van der Waals surface area (Å²) in [6, 6.07) is 0.623. The van der Waals surface area contributed by atoms with E-state index in [1.807, 2.05) is 0 Å². The summed E-state index contributed by atoms with van der Waals surface area (Å²) in [5.74, 6) is 1.27. The molecule has 0 aromatic heterocycles. The summed E-state index contributed by atoms with van der Waals surface area (Å²) in [4.78, 5) is 44.3. The van der Waals surface area contributed by atoms with Crippen LogP contribution in [0.5, 0.6) is 0 Å². The molecule has 3 atom stereocenters. The van der Waals surface area contributed by atoms with Gasteiger partial charge in [0.2, 0.25) is 0 Å². The van der Waals surface area contributed by atoms with Crippen LogP contribution in [0.1, 0.15) is 155 Å². The summed E-state index contributed by atoms with van der Waals surface area (Å²) < 4.78 is 17.5. The number of unbranched alkanes of at least 4 members (excludes halogenated alkanes) is 8. The van der Waals surface area contributed by atoms with Gasteiger partial charge in [0, 0.05) is 12.5 Å². The van der Waals surface area contributed by atoms with Crippen LogP contribution >= 0.6 is 0 Å². The highest BCUT2D eigenvalue weighted by atomic mass is 16.6. The molecule has 54 heavy (non-hydrogen) atoms. The highest BCUT2D eigenvalue weighted by molar-refractivity contribution is 5.73. The van der Waals surface area contributed by atoms with Crippen LogP contribution in [-0.4, -0.2) is 86.3 Å². The van der Waals surface area contributed by atoms with Gasteiger partial charge in [-0.25, -0.2) is 0 Å². The van der Waals surface area contributed by atoms with Gasteiger partial charge < -0.3 is 24.0 Å². The Bertz CT molecular complexity index is 1170. The Morgan fingerprint density at radius 1 is 0.685 bits per heavy atom. The van der Waals surface area contributed by atoms with E-state index >= 15 is 0 Å². The Kier molecular flexibility index (Phi) is 18.4. The minimum atomic E-state index is -0.357. The summed E-state index contributed by atoms with van der Waals surface area (Å²) in [5.41, 5.74) is 0.141. The minimum absolute atomic E-state index is 0.104. The molecular formula is C46H76N2O6. The van der Waals surface area contributed by atoms with E-state index in [4.69, 9.17) is 14.2 Å². The molecule has 0 amide bonds. The van der Waals surface area contributed by atoms with Gasteiger partial charge in [-0.15, -0.1) is 0 Å². The summed E-state index contributed by atoms with van der Waals surface area (Å²) in [5, 5.41) is 0. The molecule has 2 aliphatic heterocycles. The molecule has 6 fully saturated rings. The number of hydrogen-bond acceptors (Lipinski definition) is 8. The predicted molar refractivity (Wildman–Crippen MR) is 216 cm³/mol. The second-order valence-electron chi connectivity index (χ2n) is 17.9. The lowest BCUT2D eigenvalue weighted by atomic mass is 9.73. The molecule has 0 N–H and O–H groups in total. The van der Waals surface area contributed by atoms with Crippen molar-refractivity contribution in [2.75, 3.05) is 52.5 Å². The average molecular weight is 753 g/mol. The Hall–Kier alpha value is -2.19. The van der Waals surface area contributed by atoms with Crippen molar-refractivity contribution in [2.45, 2.75) is 161 Å². The standard InChI is InChI=1S/C46H76N2O6/c1-3-5-6-7-8-9-10-11-12-13-14-15-16-17-18-19-43(49)52-34-39(35-53-44(50)33-46-31-37-28-38(32-46)30-41(46)29-37)36-54-45(51)40-20-26-48(27-21-40)42-22-24-47(4-2)25-23-42/h8-9,11-12,37-42H,3-7,10,13-36H2,1-2H3/b9-8-,12-11-. The van der Waals surface area contributed by atoms with E-state index in [0.717, 1.165) is 89.5 Å². The number of likely N-dealkylation sites (tertiary alicyclic amines) is 2. The fraction of sp³-hybridized carbons (Fsp3) is 0.848. The van der Waals surface area contributed by atoms with E-state index in [1.165, 1.54) is 83.5 Å². The van der Waals surface area contributed by atoms with Gasteiger partial charge in [0.05, 0.1) is 18.3 Å². The summed E-state index contributed by atoms with van der Waals surface area (Å²) >= 11 is 0. The largest absolute Gasteiger partial charge is 0.465 e. The van der Waals surface area contributed by atoms with Gasteiger partial charge >= 0.3 is 17.9 Å². The van der Waals surface area contributed by atoms with E-state index in [-0.39, 0.29) is 55.0 Å². The van der Waals surface area contributed by atoms with Crippen molar-refractivity contribution in [1.82, 2.24) is 9.80 Å². The van der Waals surface area contributed by atoms with E-state index < -0.39 is 0 Å². The highest BCUT2D eigenvalue weighted by Gasteiger charge is 2.58. The first kappa shape index (κ1) is 42.9. The zero-order chi connectivity index (χ0) is 38.0. The number of rotatable bonds is 25. The number of allylic oxidation sites excluding steroid dienone is 4. The van der Waals surface area contributed by atoms with Gasteiger partial charge in [-0.2, -0.15) is 0 Å². The van der Waals surface area contributed by atoms with Crippen molar-refractivity contribution in [2.24, 2.45) is 35.0 Å². The Morgan fingerprint density at radius 3 is 1.96 bits per heavy atom. The fourth-order valence-corrected chi connectivity index (χ4v) is 10.7. The van der Waals surface area contributed by atoms with E-state index in [9.17, 15) is 14.4 Å². The van der Waals surface area contributed by atoms with Crippen LogP contribution in [0.4, 0.5) is 0 Å². The van der Waals surface area contributed by atoms with Crippen LogP contribution < -0.4 is 0 Å². The topological polar surface area (TPSA) is 85.4 Å². The Labute approximate surface area is 328 Å². The van der Waals surface area contributed by atoms with Gasteiger partial charge in [-0.05, 0) is 152 Å². The summed E-state index contributed by atoms with van der Waals surface area (Å²) in [6.45, 7) is 10.1. The number of piperidine rings is 2. The monoisotopic (exact) mass is 753 g/mol. The Morgan fingerprint density at radius 2 is 1.30 bits per heavy atom. The molecule has 8 heteroatoms. The first-order valence-corrected chi connectivity index (χ1v) is 22.6. The van der Waals surface area contributed by atoms with Crippen molar-refractivity contribution in [1.29, 1.82) is 0 Å². The van der Waals surface area contributed by atoms with E-state index in [0.29, 0.717) is 24.8 Å².